The summed E-state index contributed by atoms with van der Waals surface area (Å²) in [4.78, 5) is 13.6. The standard InChI is InChI=1S/C12H18N4O/c13-5-6-14-7-8-15-9-11-1-3-12(4-2-11)16-10-17/h1-4,14-15H,5-9,13H2. The third-order valence-electron chi connectivity index (χ3n) is 2.24. The van der Waals surface area contributed by atoms with Crippen molar-refractivity contribution in [2.75, 3.05) is 26.2 Å². The molecular weight excluding hydrogens is 216 g/mol. The molecule has 0 bridgehead atoms. The van der Waals surface area contributed by atoms with Crippen LogP contribution in [-0.2, 0) is 11.3 Å². The van der Waals surface area contributed by atoms with Gasteiger partial charge in [0.1, 0.15) is 0 Å². The van der Waals surface area contributed by atoms with Crippen molar-refractivity contribution in [1.29, 1.82) is 0 Å². The average Bonchev–Trinajstić information content (AvgIpc) is 2.36. The van der Waals surface area contributed by atoms with E-state index < -0.39 is 0 Å². The van der Waals surface area contributed by atoms with Crippen molar-refractivity contribution in [2.24, 2.45) is 10.7 Å². The molecule has 1 aromatic carbocycles. The Labute approximate surface area is 101 Å². The lowest BCUT2D eigenvalue weighted by molar-refractivity contribution is 0.565. The maximum Gasteiger partial charge on any atom is 0.240 e. The monoisotopic (exact) mass is 234 g/mol. The number of isocyanates is 1. The van der Waals surface area contributed by atoms with Crippen molar-refractivity contribution in [3.8, 4) is 0 Å². The van der Waals surface area contributed by atoms with Crippen LogP contribution in [0.1, 0.15) is 5.56 Å². The molecule has 4 N–H and O–H groups in total. The molecule has 92 valence electrons. The van der Waals surface area contributed by atoms with Crippen LogP contribution >= 0.6 is 0 Å². The van der Waals surface area contributed by atoms with Crippen molar-refractivity contribution in [2.45, 2.75) is 6.54 Å². The lowest BCUT2D eigenvalue weighted by Crippen LogP contribution is -2.30. The number of carbonyl (C=O) groups excluding carboxylic acids is 1. The van der Waals surface area contributed by atoms with Crippen LogP contribution in [0, 0.1) is 0 Å². The predicted octanol–water partition coefficient (Wildman–Crippen LogP) is 0.292. The Morgan fingerprint density at radius 1 is 1.12 bits per heavy atom. The number of benzene rings is 1. The molecule has 0 fully saturated rings. The lowest BCUT2D eigenvalue weighted by Gasteiger charge is -2.05. The highest BCUT2D eigenvalue weighted by Gasteiger charge is 1.93. The zero-order chi connectivity index (χ0) is 12.3. The van der Waals surface area contributed by atoms with Gasteiger partial charge in [0.15, 0.2) is 0 Å². The van der Waals surface area contributed by atoms with E-state index in [-0.39, 0.29) is 0 Å². The summed E-state index contributed by atoms with van der Waals surface area (Å²) in [6.07, 6.45) is 1.52. The van der Waals surface area contributed by atoms with Gasteiger partial charge in [-0.25, -0.2) is 4.79 Å². The van der Waals surface area contributed by atoms with Crippen LogP contribution in [0.25, 0.3) is 0 Å². The maximum absolute atomic E-state index is 10.0. The molecule has 0 aliphatic rings. The zero-order valence-corrected chi connectivity index (χ0v) is 9.78. The Morgan fingerprint density at radius 3 is 2.47 bits per heavy atom. The van der Waals surface area contributed by atoms with Gasteiger partial charge in [0.05, 0.1) is 5.69 Å². The summed E-state index contributed by atoms with van der Waals surface area (Å²) in [7, 11) is 0. The molecule has 0 heterocycles. The second-order valence-corrected chi connectivity index (χ2v) is 3.58. The van der Waals surface area contributed by atoms with E-state index in [2.05, 4.69) is 15.6 Å². The number of nitrogens with two attached hydrogens (primary N) is 1. The average molecular weight is 234 g/mol. The highest BCUT2D eigenvalue weighted by molar-refractivity contribution is 5.49. The van der Waals surface area contributed by atoms with Gasteiger partial charge < -0.3 is 16.4 Å². The Morgan fingerprint density at radius 2 is 1.82 bits per heavy atom. The van der Waals surface area contributed by atoms with Crippen LogP contribution in [0.3, 0.4) is 0 Å². The molecule has 0 amide bonds. The molecule has 0 aliphatic heterocycles. The van der Waals surface area contributed by atoms with E-state index in [9.17, 15) is 4.79 Å². The van der Waals surface area contributed by atoms with Gasteiger partial charge in [0.2, 0.25) is 6.08 Å². The number of nitrogens with one attached hydrogen (secondary N) is 2. The third kappa shape index (κ3) is 5.94. The molecule has 0 aliphatic carbocycles. The fourth-order valence-electron chi connectivity index (χ4n) is 1.38. The molecule has 5 nitrogen and oxygen atoms in total. The van der Waals surface area contributed by atoms with Gasteiger partial charge in [-0.15, -0.1) is 0 Å². The van der Waals surface area contributed by atoms with Crippen LogP contribution < -0.4 is 16.4 Å². The normalized spacial score (nSPS) is 9.94. The van der Waals surface area contributed by atoms with E-state index in [1.807, 2.05) is 12.1 Å². The number of hydrogen-bond acceptors (Lipinski definition) is 5. The molecule has 0 saturated carbocycles. The summed E-state index contributed by atoms with van der Waals surface area (Å²) < 4.78 is 0. The maximum atomic E-state index is 10.0. The summed E-state index contributed by atoms with van der Waals surface area (Å²) in [5.41, 5.74) is 7.15. The van der Waals surface area contributed by atoms with Crippen LogP contribution in [0.5, 0.6) is 0 Å². The molecule has 0 saturated heterocycles. The first kappa shape index (κ1) is 13.5. The fourth-order valence-corrected chi connectivity index (χ4v) is 1.38. The Balaban J connectivity index is 2.20. The van der Waals surface area contributed by atoms with E-state index in [0.717, 1.165) is 31.7 Å². The Hall–Kier alpha value is -1.52. The van der Waals surface area contributed by atoms with Crippen LogP contribution in [0.15, 0.2) is 29.3 Å². The summed E-state index contributed by atoms with van der Waals surface area (Å²) in [6, 6.07) is 7.48. The number of aliphatic imine (C=N–C) groups is 1. The summed E-state index contributed by atoms with van der Waals surface area (Å²) in [5.74, 6) is 0. The molecule has 1 rings (SSSR count). The summed E-state index contributed by atoms with van der Waals surface area (Å²) in [5, 5.41) is 6.50. The van der Waals surface area contributed by atoms with Crippen LogP contribution in [0.4, 0.5) is 5.69 Å². The second kappa shape index (κ2) is 8.61. The van der Waals surface area contributed by atoms with Gasteiger partial charge in [0, 0.05) is 32.7 Å². The minimum absolute atomic E-state index is 0.633. The first-order valence-electron chi connectivity index (χ1n) is 5.65. The molecule has 0 spiro atoms. The number of rotatable bonds is 8. The molecule has 5 heteroatoms. The second-order valence-electron chi connectivity index (χ2n) is 3.58. The lowest BCUT2D eigenvalue weighted by atomic mass is 10.2. The summed E-state index contributed by atoms with van der Waals surface area (Å²) in [6.45, 7) is 4.12. The van der Waals surface area contributed by atoms with E-state index in [1.165, 1.54) is 6.08 Å². The predicted molar refractivity (Wildman–Crippen MR) is 67.9 cm³/mol. The molecule has 0 unspecified atom stereocenters. The van der Waals surface area contributed by atoms with Gasteiger partial charge in [-0.05, 0) is 17.7 Å². The minimum atomic E-state index is 0.633. The van der Waals surface area contributed by atoms with Gasteiger partial charge in [-0.2, -0.15) is 4.99 Å². The zero-order valence-electron chi connectivity index (χ0n) is 9.78. The Kier molecular flexibility index (Phi) is 6.86. The molecular formula is C12H18N4O. The van der Waals surface area contributed by atoms with E-state index >= 15 is 0 Å². The highest BCUT2D eigenvalue weighted by Crippen LogP contribution is 2.11. The molecule has 0 radical (unpaired) electrons. The van der Waals surface area contributed by atoms with E-state index in [1.54, 1.807) is 12.1 Å². The summed E-state index contributed by atoms with van der Waals surface area (Å²) >= 11 is 0. The molecule has 1 aromatic rings. The first-order chi connectivity index (χ1) is 8.36. The SMILES string of the molecule is NCCNCCNCc1ccc(N=C=O)cc1. The van der Waals surface area contributed by atoms with Crippen LogP contribution in [0.2, 0.25) is 0 Å². The first-order valence-corrected chi connectivity index (χ1v) is 5.65. The quantitative estimate of drug-likeness (QED) is 0.343. The van der Waals surface area contributed by atoms with Crippen molar-refractivity contribution in [1.82, 2.24) is 10.6 Å². The van der Waals surface area contributed by atoms with Crippen molar-refractivity contribution in [3.05, 3.63) is 29.8 Å². The Bertz CT molecular complexity index is 357. The van der Waals surface area contributed by atoms with Gasteiger partial charge in [-0.1, -0.05) is 12.1 Å². The van der Waals surface area contributed by atoms with E-state index in [0.29, 0.717) is 12.2 Å². The van der Waals surface area contributed by atoms with Gasteiger partial charge >= 0.3 is 0 Å². The van der Waals surface area contributed by atoms with Gasteiger partial charge in [-0.3, -0.25) is 0 Å². The third-order valence-corrected chi connectivity index (χ3v) is 2.24. The van der Waals surface area contributed by atoms with Crippen LogP contribution in [-0.4, -0.2) is 32.3 Å². The molecule has 17 heavy (non-hydrogen) atoms. The fraction of sp³-hybridized carbons (Fsp3) is 0.417. The largest absolute Gasteiger partial charge is 0.329 e. The highest BCUT2D eigenvalue weighted by atomic mass is 16.1. The van der Waals surface area contributed by atoms with Gasteiger partial charge in [0.25, 0.3) is 0 Å². The van der Waals surface area contributed by atoms with Crippen molar-refractivity contribution < 1.29 is 4.79 Å². The minimum Gasteiger partial charge on any atom is -0.329 e. The smallest absolute Gasteiger partial charge is 0.240 e. The van der Waals surface area contributed by atoms with Crippen molar-refractivity contribution in [3.63, 3.8) is 0 Å². The van der Waals surface area contributed by atoms with Crippen molar-refractivity contribution >= 4 is 11.8 Å². The number of nitrogens with zero attached hydrogens (tertiary/aromatic N) is 1. The molecule has 0 atom stereocenters. The number of hydrogen-bond donors (Lipinski definition) is 3. The van der Waals surface area contributed by atoms with E-state index in [4.69, 9.17) is 5.73 Å². The topological polar surface area (TPSA) is 79.5 Å². The molecule has 0 aromatic heterocycles.